The van der Waals surface area contributed by atoms with E-state index in [2.05, 4.69) is 15.2 Å². The summed E-state index contributed by atoms with van der Waals surface area (Å²) in [5.74, 6) is 1.46. The summed E-state index contributed by atoms with van der Waals surface area (Å²) in [6, 6.07) is 1.68. The van der Waals surface area contributed by atoms with Gasteiger partial charge in [-0.3, -0.25) is 5.41 Å². The second-order valence-corrected chi connectivity index (χ2v) is 3.99. The Hall–Kier alpha value is -2.44. The topological polar surface area (TPSA) is 96.7 Å². The number of amidine groups is 1. The largest absolute Gasteiger partial charge is 0.384 e. The van der Waals surface area contributed by atoms with Crippen LogP contribution in [0.4, 0.5) is 5.82 Å². The van der Waals surface area contributed by atoms with Crippen LogP contribution in [0.25, 0.3) is 0 Å². The number of anilines is 1. The summed E-state index contributed by atoms with van der Waals surface area (Å²) in [5.41, 5.74) is 6.09. The zero-order chi connectivity index (χ0) is 13.1. The van der Waals surface area contributed by atoms with Crippen molar-refractivity contribution < 1.29 is 0 Å². The molecule has 0 aromatic carbocycles. The van der Waals surface area contributed by atoms with Crippen molar-refractivity contribution in [3.05, 3.63) is 36.0 Å². The van der Waals surface area contributed by atoms with Gasteiger partial charge in [0.05, 0.1) is 18.3 Å². The molecule has 7 nitrogen and oxygen atoms in total. The minimum atomic E-state index is -0.0217. The van der Waals surface area contributed by atoms with Gasteiger partial charge in [0.15, 0.2) is 5.82 Å². The Morgan fingerprint density at radius 1 is 1.50 bits per heavy atom. The van der Waals surface area contributed by atoms with Gasteiger partial charge >= 0.3 is 0 Å². The van der Waals surface area contributed by atoms with Gasteiger partial charge in [-0.25, -0.2) is 4.98 Å². The third kappa shape index (κ3) is 2.29. The molecular formula is C11H15N7. The SMILES string of the molecule is CN(Cc1nccn1C)c1nnccc1C(=N)N. The predicted molar refractivity (Wildman–Crippen MR) is 68.4 cm³/mol. The lowest BCUT2D eigenvalue weighted by atomic mass is 10.2. The summed E-state index contributed by atoms with van der Waals surface area (Å²) in [4.78, 5) is 6.11. The quantitative estimate of drug-likeness (QED) is 0.589. The maximum Gasteiger partial charge on any atom is 0.162 e. The fourth-order valence-electron chi connectivity index (χ4n) is 1.65. The lowest BCUT2D eigenvalue weighted by Gasteiger charge is -2.19. The highest BCUT2D eigenvalue weighted by atomic mass is 15.3. The second kappa shape index (κ2) is 4.82. The van der Waals surface area contributed by atoms with Gasteiger partial charge in [0, 0.05) is 26.5 Å². The molecule has 18 heavy (non-hydrogen) atoms. The van der Waals surface area contributed by atoms with E-state index in [9.17, 15) is 0 Å². The molecule has 0 aliphatic carbocycles. The molecule has 0 aliphatic heterocycles. The van der Waals surface area contributed by atoms with Crippen LogP contribution in [0.2, 0.25) is 0 Å². The van der Waals surface area contributed by atoms with Crippen molar-refractivity contribution in [2.24, 2.45) is 12.8 Å². The molecule has 3 N–H and O–H groups in total. The standard InChI is InChI=1S/C11H15N7/c1-17-6-5-14-9(17)7-18(2)11-8(10(12)13)3-4-15-16-11/h3-6H,7H2,1-2H3,(H3,12,13). The summed E-state index contributed by atoms with van der Waals surface area (Å²) in [7, 11) is 3.80. The van der Waals surface area contributed by atoms with Crippen molar-refractivity contribution in [2.75, 3.05) is 11.9 Å². The fraction of sp³-hybridized carbons (Fsp3) is 0.273. The van der Waals surface area contributed by atoms with E-state index < -0.39 is 0 Å². The molecule has 0 unspecified atom stereocenters. The summed E-state index contributed by atoms with van der Waals surface area (Å²) in [6.45, 7) is 0.572. The van der Waals surface area contributed by atoms with Gasteiger partial charge < -0.3 is 15.2 Å². The highest BCUT2D eigenvalue weighted by Crippen LogP contribution is 2.15. The molecule has 0 fully saturated rings. The molecule has 2 rings (SSSR count). The zero-order valence-electron chi connectivity index (χ0n) is 10.3. The normalized spacial score (nSPS) is 10.3. The molecule has 0 radical (unpaired) electrons. The Morgan fingerprint density at radius 3 is 2.89 bits per heavy atom. The van der Waals surface area contributed by atoms with Gasteiger partial charge in [-0.05, 0) is 6.07 Å². The highest BCUT2D eigenvalue weighted by Gasteiger charge is 2.13. The molecule has 7 heteroatoms. The fourth-order valence-corrected chi connectivity index (χ4v) is 1.65. The van der Waals surface area contributed by atoms with E-state index >= 15 is 0 Å². The lowest BCUT2D eigenvalue weighted by Crippen LogP contribution is -2.24. The first-order valence-corrected chi connectivity index (χ1v) is 5.43. The first kappa shape index (κ1) is 12.0. The van der Waals surface area contributed by atoms with Crippen molar-refractivity contribution in [1.29, 1.82) is 5.41 Å². The van der Waals surface area contributed by atoms with Crippen LogP contribution in [0, 0.1) is 5.41 Å². The number of nitrogens with two attached hydrogens (primary N) is 1. The molecule has 2 aromatic heterocycles. The zero-order valence-corrected chi connectivity index (χ0v) is 10.3. The van der Waals surface area contributed by atoms with Crippen molar-refractivity contribution >= 4 is 11.7 Å². The highest BCUT2D eigenvalue weighted by molar-refractivity contribution is 5.99. The molecule has 0 atom stereocenters. The van der Waals surface area contributed by atoms with E-state index in [-0.39, 0.29) is 5.84 Å². The minimum absolute atomic E-state index is 0.0217. The average molecular weight is 245 g/mol. The molecular weight excluding hydrogens is 230 g/mol. The van der Waals surface area contributed by atoms with E-state index in [4.69, 9.17) is 11.1 Å². The van der Waals surface area contributed by atoms with Gasteiger partial charge in [0.1, 0.15) is 11.7 Å². The van der Waals surface area contributed by atoms with Crippen LogP contribution in [0.3, 0.4) is 0 Å². The maximum atomic E-state index is 7.52. The third-order valence-electron chi connectivity index (χ3n) is 2.65. The molecule has 2 aromatic rings. The third-order valence-corrected chi connectivity index (χ3v) is 2.65. The van der Waals surface area contributed by atoms with Gasteiger partial charge in [0.2, 0.25) is 0 Å². The number of hydrogen-bond acceptors (Lipinski definition) is 5. The molecule has 2 heterocycles. The van der Waals surface area contributed by atoms with E-state index in [0.717, 1.165) is 5.82 Å². The van der Waals surface area contributed by atoms with Crippen LogP contribution in [-0.4, -0.2) is 32.6 Å². The first-order valence-electron chi connectivity index (χ1n) is 5.43. The van der Waals surface area contributed by atoms with Crippen LogP contribution >= 0.6 is 0 Å². The monoisotopic (exact) mass is 245 g/mol. The van der Waals surface area contributed by atoms with Gasteiger partial charge in [-0.1, -0.05) is 0 Å². The van der Waals surface area contributed by atoms with Crippen LogP contribution in [-0.2, 0) is 13.6 Å². The van der Waals surface area contributed by atoms with E-state index in [1.165, 1.54) is 6.20 Å². The summed E-state index contributed by atoms with van der Waals surface area (Å²) in [6.07, 6.45) is 5.15. The Balaban J connectivity index is 2.26. The van der Waals surface area contributed by atoms with E-state index in [0.29, 0.717) is 17.9 Å². The number of nitrogens with zero attached hydrogens (tertiary/aromatic N) is 5. The summed E-state index contributed by atoms with van der Waals surface area (Å²) >= 11 is 0. The molecule has 0 spiro atoms. The van der Waals surface area contributed by atoms with Crippen LogP contribution < -0.4 is 10.6 Å². The van der Waals surface area contributed by atoms with Crippen molar-refractivity contribution in [3.8, 4) is 0 Å². The summed E-state index contributed by atoms with van der Waals surface area (Å²) < 4.78 is 1.93. The molecule has 0 amide bonds. The van der Waals surface area contributed by atoms with Crippen LogP contribution in [0.1, 0.15) is 11.4 Å². The molecule has 94 valence electrons. The molecule has 0 saturated carbocycles. The molecule has 0 aliphatic rings. The van der Waals surface area contributed by atoms with Gasteiger partial charge in [-0.15, -0.1) is 5.10 Å². The van der Waals surface area contributed by atoms with E-state index in [1.807, 2.05) is 29.8 Å². The molecule has 0 saturated heterocycles. The minimum Gasteiger partial charge on any atom is -0.384 e. The number of aromatic nitrogens is 4. The van der Waals surface area contributed by atoms with E-state index in [1.54, 1.807) is 12.3 Å². The average Bonchev–Trinajstić information content (AvgIpc) is 2.75. The Labute approximate surface area is 105 Å². The number of nitrogen functional groups attached to an aromatic ring is 1. The van der Waals surface area contributed by atoms with Crippen molar-refractivity contribution in [2.45, 2.75) is 6.54 Å². The Bertz CT molecular complexity index is 560. The Morgan fingerprint density at radius 2 is 2.28 bits per heavy atom. The van der Waals surface area contributed by atoms with Gasteiger partial charge in [0.25, 0.3) is 0 Å². The maximum absolute atomic E-state index is 7.52. The number of aryl methyl sites for hydroxylation is 1. The predicted octanol–water partition coefficient (Wildman–Crippen LogP) is 0.131. The second-order valence-electron chi connectivity index (χ2n) is 3.99. The first-order chi connectivity index (χ1) is 8.59. The van der Waals surface area contributed by atoms with Gasteiger partial charge in [-0.2, -0.15) is 5.10 Å². The lowest BCUT2D eigenvalue weighted by molar-refractivity contribution is 0.749. The van der Waals surface area contributed by atoms with Crippen molar-refractivity contribution in [1.82, 2.24) is 19.7 Å². The molecule has 0 bridgehead atoms. The number of rotatable bonds is 4. The summed E-state index contributed by atoms with van der Waals surface area (Å²) in [5, 5.41) is 15.4. The number of nitrogens with one attached hydrogen (secondary N) is 1. The Kier molecular flexibility index (Phi) is 3.22. The number of hydrogen-bond donors (Lipinski definition) is 2. The smallest absolute Gasteiger partial charge is 0.162 e. The van der Waals surface area contributed by atoms with Crippen molar-refractivity contribution in [3.63, 3.8) is 0 Å². The number of imidazole rings is 1. The van der Waals surface area contributed by atoms with Crippen LogP contribution in [0.5, 0.6) is 0 Å². The van der Waals surface area contributed by atoms with Crippen LogP contribution in [0.15, 0.2) is 24.7 Å².